The first-order valence-electron chi connectivity index (χ1n) is 7.26. The lowest BCUT2D eigenvalue weighted by Crippen LogP contribution is -2.36. The summed E-state index contributed by atoms with van der Waals surface area (Å²) in [6.07, 6.45) is 2.16. The van der Waals surface area contributed by atoms with Crippen molar-refractivity contribution in [2.45, 2.75) is 19.9 Å². The molecule has 0 unspecified atom stereocenters. The fourth-order valence-electron chi connectivity index (χ4n) is 3.04. The molecule has 1 aromatic carbocycles. The minimum atomic E-state index is -0.716. The molecule has 1 aliphatic rings. The lowest BCUT2D eigenvalue weighted by Gasteiger charge is -2.30. The van der Waals surface area contributed by atoms with E-state index in [0.29, 0.717) is 18.5 Å². The standard InChI is InChI=1S/C17H16F2N2O2/c1-10-3-4-12(16-14(18)7-20-8-15(16)19)13-9-21(17(22)23-2)6-5-11(10)13/h3-4,7-8H,5-6,9H2,1-2H3. The van der Waals surface area contributed by atoms with Gasteiger partial charge < -0.3 is 9.64 Å². The first-order valence-corrected chi connectivity index (χ1v) is 7.26. The fourth-order valence-corrected chi connectivity index (χ4v) is 3.04. The number of pyridine rings is 1. The number of methoxy groups -OCH3 is 1. The second kappa shape index (κ2) is 5.95. The molecule has 4 nitrogen and oxygen atoms in total. The summed E-state index contributed by atoms with van der Waals surface area (Å²) >= 11 is 0. The van der Waals surface area contributed by atoms with Crippen molar-refractivity contribution in [1.82, 2.24) is 9.88 Å². The molecule has 3 rings (SSSR count). The maximum atomic E-state index is 14.1. The Hall–Kier alpha value is -2.50. The zero-order chi connectivity index (χ0) is 16.6. The minimum Gasteiger partial charge on any atom is -0.453 e. The Morgan fingerprint density at radius 1 is 1.22 bits per heavy atom. The van der Waals surface area contributed by atoms with Crippen molar-refractivity contribution in [1.29, 1.82) is 0 Å². The Labute approximate surface area is 132 Å². The van der Waals surface area contributed by atoms with Gasteiger partial charge in [-0.25, -0.2) is 13.6 Å². The number of carbonyl (C=O) groups is 1. The molecule has 1 aromatic heterocycles. The maximum absolute atomic E-state index is 14.1. The topological polar surface area (TPSA) is 42.4 Å². The molecule has 120 valence electrons. The van der Waals surface area contributed by atoms with E-state index in [2.05, 4.69) is 4.98 Å². The van der Waals surface area contributed by atoms with Gasteiger partial charge in [0.05, 0.1) is 25.1 Å². The molecule has 2 aromatic rings. The van der Waals surface area contributed by atoms with Crippen LogP contribution in [-0.4, -0.2) is 29.6 Å². The van der Waals surface area contributed by atoms with Crippen molar-refractivity contribution in [2.75, 3.05) is 13.7 Å². The number of rotatable bonds is 1. The number of fused-ring (bicyclic) bond motifs is 1. The summed E-state index contributed by atoms with van der Waals surface area (Å²) in [4.78, 5) is 16.8. The number of aromatic nitrogens is 1. The Morgan fingerprint density at radius 3 is 2.57 bits per heavy atom. The highest BCUT2D eigenvalue weighted by Gasteiger charge is 2.26. The predicted molar refractivity (Wildman–Crippen MR) is 80.8 cm³/mol. The van der Waals surface area contributed by atoms with Crippen LogP contribution in [0.25, 0.3) is 11.1 Å². The third-order valence-electron chi connectivity index (χ3n) is 4.20. The van der Waals surface area contributed by atoms with Crippen LogP contribution in [0.4, 0.5) is 13.6 Å². The second-order valence-corrected chi connectivity index (χ2v) is 5.51. The Morgan fingerprint density at radius 2 is 1.91 bits per heavy atom. The molecule has 1 amide bonds. The van der Waals surface area contributed by atoms with E-state index in [1.807, 2.05) is 13.0 Å². The summed E-state index contributed by atoms with van der Waals surface area (Å²) in [6.45, 7) is 2.74. The molecule has 0 saturated heterocycles. The van der Waals surface area contributed by atoms with E-state index >= 15 is 0 Å². The third-order valence-corrected chi connectivity index (χ3v) is 4.20. The lowest BCUT2D eigenvalue weighted by atomic mass is 9.88. The molecule has 0 fully saturated rings. The van der Waals surface area contributed by atoms with Crippen LogP contribution < -0.4 is 0 Å². The second-order valence-electron chi connectivity index (χ2n) is 5.51. The maximum Gasteiger partial charge on any atom is 0.409 e. The number of amides is 1. The van der Waals surface area contributed by atoms with Crippen molar-refractivity contribution in [2.24, 2.45) is 0 Å². The highest BCUT2D eigenvalue weighted by Crippen LogP contribution is 2.35. The molecular weight excluding hydrogens is 302 g/mol. The Balaban J connectivity index is 2.16. The first kappa shape index (κ1) is 15.4. The van der Waals surface area contributed by atoms with Crippen molar-refractivity contribution in [3.63, 3.8) is 0 Å². The minimum absolute atomic E-state index is 0.108. The average Bonchev–Trinajstić information content (AvgIpc) is 2.55. The number of nitrogens with zero attached hydrogens (tertiary/aromatic N) is 2. The van der Waals surface area contributed by atoms with E-state index in [1.54, 1.807) is 6.07 Å². The van der Waals surface area contributed by atoms with E-state index in [0.717, 1.165) is 29.1 Å². The van der Waals surface area contributed by atoms with Crippen molar-refractivity contribution >= 4 is 6.09 Å². The van der Waals surface area contributed by atoms with Crippen LogP contribution >= 0.6 is 0 Å². The molecule has 2 heterocycles. The van der Waals surface area contributed by atoms with Crippen LogP contribution in [0.2, 0.25) is 0 Å². The van der Waals surface area contributed by atoms with Crippen LogP contribution in [0.5, 0.6) is 0 Å². The van der Waals surface area contributed by atoms with Crippen LogP contribution in [0.3, 0.4) is 0 Å². The molecule has 0 saturated carbocycles. The number of aryl methyl sites for hydroxylation is 1. The van der Waals surface area contributed by atoms with Gasteiger partial charge in [0.15, 0.2) is 11.6 Å². The smallest absolute Gasteiger partial charge is 0.409 e. The number of benzene rings is 1. The van der Waals surface area contributed by atoms with Crippen molar-refractivity contribution < 1.29 is 18.3 Å². The van der Waals surface area contributed by atoms with Gasteiger partial charge in [0.2, 0.25) is 0 Å². The molecule has 6 heteroatoms. The molecule has 0 spiro atoms. The zero-order valence-electron chi connectivity index (χ0n) is 12.9. The van der Waals surface area contributed by atoms with Crippen LogP contribution in [0.15, 0.2) is 24.5 Å². The molecule has 0 bridgehead atoms. The fraction of sp³-hybridized carbons (Fsp3) is 0.294. The van der Waals surface area contributed by atoms with E-state index < -0.39 is 17.7 Å². The zero-order valence-corrected chi connectivity index (χ0v) is 12.9. The van der Waals surface area contributed by atoms with E-state index in [4.69, 9.17) is 4.74 Å². The van der Waals surface area contributed by atoms with E-state index in [9.17, 15) is 13.6 Å². The molecular formula is C17H16F2N2O2. The van der Waals surface area contributed by atoms with Crippen LogP contribution in [0, 0.1) is 18.6 Å². The highest BCUT2D eigenvalue weighted by atomic mass is 19.1. The molecule has 0 N–H and O–H groups in total. The summed E-state index contributed by atoms with van der Waals surface area (Å²) in [5, 5.41) is 0. The number of ether oxygens (including phenoxy) is 1. The summed E-state index contributed by atoms with van der Waals surface area (Å²) in [6, 6.07) is 3.54. The number of hydrogen-bond donors (Lipinski definition) is 0. The molecule has 0 atom stereocenters. The van der Waals surface area contributed by atoms with Crippen molar-refractivity contribution in [3.8, 4) is 11.1 Å². The Bertz CT molecular complexity index is 757. The predicted octanol–water partition coefficient (Wildman–Crippen LogP) is 3.46. The number of halogens is 2. The lowest BCUT2D eigenvalue weighted by molar-refractivity contribution is 0.118. The van der Waals surface area contributed by atoms with Gasteiger partial charge >= 0.3 is 6.09 Å². The summed E-state index contributed by atoms with van der Waals surface area (Å²) in [5.74, 6) is -1.43. The van der Waals surface area contributed by atoms with Gasteiger partial charge in [0.25, 0.3) is 0 Å². The normalized spacial score (nSPS) is 13.7. The van der Waals surface area contributed by atoms with Crippen LogP contribution in [0.1, 0.15) is 16.7 Å². The quantitative estimate of drug-likeness (QED) is 0.808. The first-order chi connectivity index (χ1) is 11.0. The average molecular weight is 318 g/mol. The summed E-state index contributed by atoms with van der Waals surface area (Å²) in [7, 11) is 1.32. The monoisotopic (exact) mass is 318 g/mol. The van der Waals surface area contributed by atoms with Gasteiger partial charge in [-0.2, -0.15) is 0 Å². The van der Waals surface area contributed by atoms with Gasteiger partial charge in [0.1, 0.15) is 0 Å². The van der Waals surface area contributed by atoms with Crippen molar-refractivity contribution in [3.05, 3.63) is 52.9 Å². The van der Waals surface area contributed by atoms with Gasteiger partial charge in [-0.3, -0.25) is 4.98 Å². The number of hydrogen-bond acceptors (Lipinski definition) is 3. The van der Waals surface area contributed by atoms with Gasteiger partial charge in [-0.1, -0.05) is 12.1 Å². The highest BCUT2D eigenvalue weighted by molar-refractivity contribution is 5.73. The SMILES string of the molecule is COC(=O)N1CCc2c(C)ccc(-c3c(F)cncc3F)c2C1. The molecule has 1 aliphatic heterocycles. The van der Waals surface area contributed by atoms with E-state index in [-0.39, 0.29) is 12.1 Å². The number of carbonyl (C=O) groups excluding carboxylic acids is 1. The molecule has 0 radical (unpaired) electrons. The van der Waals surface area contributed by atoms with E-state index in [1.165, 1.54) is 12.0 Å². The van der Waals surface area contributed by atoms with Gasteiger partial charge in [-0.05, 0) is 35.6 Å². The summed E-state index contributed by atoms with van der Waals surface area (Å²) in [5.41, 5.74) is 3.17. The van der Waals surface area contributed by atoms with Gasteiger partial charge in [-0.15, -0.1) is 0 Å². The third kappa shape index (κ3) is 2.65. The van der Waals surface area contributed by atoms with Gasteiger partial charge in [0, 0.05) is 13.1 Å². The van der Waals surface area contributed by atoms with Crippen LogP contribution in [-0.2, 0) is 17.7 Å². The molecule has 23 heavy (non-hydrogen) atoms. The summed E-state index contributed by atoms with van der Waals surface area (Å²) < 4.78 is 33.0. The Kier molecular flexibility index (Phi) is 3.98. The molecule has 0 aliphatic carbocycles. The largest absolute Gasteiger partial charge is 0.453 e.